The number of piperazine rings is 1. The maximum atomic E-state index is 5.53. The molecule has 2 aromatic carbocycles. The molecule has 2 aromatic rings. The van der Waals surface area contributed by atoms with Gasteiger partial charge in [-0.1, -0.05) is 18.2 Å². The van der Waals surface area contributed by atoms with Gasteiger partial charge in [0.05, 0.1) is 14.2 Å². The fourth-order valence-corrected chi connectivity index (χ4v) is 4.70. The highest BCUT2D eigenvalue weighted by Crippen LogP contribution is 2.38. The second-order valence-corrected chi connectivity index (χ2v) is 7.71. The van der Waals surface area contributed by atoms with Crippen LogP contribution in [0.4, 0.5) is 5.69 Å². The fourth-order valence-electron chi connectivity index (χ4n) is 4.70. The molecule has 2 atom stereocenters. The van der Waals surface area contributed by atoms with Gasteiger partial charge in [-0.05, 0) is 55.5 Å². The van der Waals surface area contributed by atoms with Gasteiger partial charge in [-0.3, -0.25) is 4.90 Å². The quantitative estimate of drug-likeness (QED) is 0.799. The summed E-state index contributed by atoms with van der Waals surface area (Å²) in [4.78, 5) is 5.25. The van der Waals surface area contributed by atoms with Crippen molar-refractivity contribution in [2.45, 2.75) is 38.3 Å². The number of piperidine rings is 1. The monoisotopic (exact) mass is 366 g/mol. The van der Waals surface area contributed by atoms with E-state index < -0.39 is 0 Å². The molecule has 27 heavy (non-hydrogen) atoms. The van der Waals surface area contributed by atoms with E-state index in [1.165, 1.54) is 36.1 Å². The predicted octanol–water partition coefficient (Wildman–Crippen LogP) is 4.43. The van der Waals surface area contributed by atoms with Gasteiger partial charge in [0.15, 0.2) is 0 Å². The zero-order valence-corrected chi connectivity index (χ0v) is 16.6. The third-order valence-electron chi connectivity index (χ3n) is 6.18. The molecule has 2 aliphatic heterocycles. The van der Waals surface area contributed by atoms with Crippen LogP contribution in [-0.4, -0.2) is 44.8 Å². The second kappa shape index (κ2) is 7.81. The van der Waals surface area contributed by atoms with Crippen LogP contribution >= 0.6 is 0 Å². The van der Waals surface area contributed by atoms with Gasteiger partial charge in [0, 0.05) is 43.5 Å². The van der Waals surface area contributed by atoms with Crippen molar-refractivity contribution in [3.8, 4) is 11.5 Å². The average molecular weight is 367 g/mol. The van der Waals surface area contributed by atoms with Crippen molar-refractivity contribution in [2.75, 3.05) is 38.8 Å². The Hall–Kier alpha value is -2.20. The van der Waals surface area contributed by atoms with Crippen LogP contribution in [0.5, 0.6) is 11.5 Å². The highest BCUT2D eigenvalue weighted by atomic mass is 16.5. The molecule has 0 N–H and O–H groups in total. The van der Waals surface area contributed by atoms with Crippen molar-refractivity contribution in [1.82, 2.24) is 4.90 Å². The SMILES string of the molecule is COc1cccc([C@H]2CCC[C@@H]3CN(c4ccc(C)c(OC)c4)CCN32)c1. The molecule has 0 spiro atoms. The Balaban J connectivity index is 1.52. The minimum Gasteiger partial charge on any atom is -0.497 e. The zero-order chi connectivity index (χ0) is 18.8. The Bertz CT molecular complexity index is 792. The number of nitrogens with zero attached hydrogens (tertiary/aromatic N) is 2. The molecule has 0 saturated carbocycles. The lowest BCUT2D eigenvalue weighted by molar-refractivity contribution is 0.0715. The van der Waals surface area contributed by atoms with Gasteiger partial charge in [0.25, 0.3) is 0 Å². The molecule has 0 aromatic heterocycles. The third kappa shape index (κ3) is 3.63. The molecule has 2 fully saturated rings. The van der Waals surface area contributed by atoms with E-state index in [1.54, 1.807) is 14.2 Å². The lowest BCUT2D eigenvalue weighted by atomic mass is 9.89. The van der Waals surface area contributed by atoms with E-state index in [1.807, 2.05) is 6.07 Å². The van der Waals surface area contributed by atoms with Crippen molar-refractivity contribution in [2.24, 2.45) is 0 Å². The van der Waals surface area contributed by atoms with Crippen molar-refractivity contribution in [3.63, 3.8) is 0 Å². The van der Waals surface area contributed by atoms with E-state index >= 15 is 0 Å². The van der Waals surface area contributed by atoms with E-state index in [0.29, 0.717) is 12.1 Å². The number of aryl methyl sites for hydroxylation is 1. The van der Waals surface area contributed by atoms with E-state index in [2.05, 4.69) is 53.1 Å². The molecular weight excluding hydrogens is 336 g/mol. The summed E-state index contributed by atoms with van der Waals surface area (Å²) in [6.45, 7) is 5.35. The van der Waals surface area contributed by atoms with Crippen molar-refractivity contribution >= 4 is 5.69 Å². The van der Waals surface area contributed by atoms with Crippen molar-refractivity contribution < 1.29 is 9.47 Å². The smallest absolute Gasteiger partial charge is 0.123 e. The number of hydrogen-bond donors (Lipinski definition) is 0. The van der Waals surface area contributed by atoms with E-state index in [0.717, 1.165) is 31.1 Å². The van der Waals surface area contributed by atoms with Crippen LogP contribution in [0.1, 0.15) is 36.4 Å². The summed E-state index contributed by atoms with van der Waals surface area (Å²) in [7, 11) is 3.50. The first-order chi connectivity index (χ1) is 13.2. The maximum Gasteiger partial charge on any atom is 0.123 e. The average Bonchev–Trinajstić information content (AvgIpc) is 2.73. The minimum atomic E-state index is 0.508. The minimum absolute atomic E-state index is 0.508. The summed E-state index contributed by atoms with van der Waals surface area (Å²) in [5, 5.41) is 0. The highest BCUT2D eigenvalue weighted by Gasteiger charge is 2.35. The van der Waals surface area contributed by atoms with Crippen LogP contribution < -0.4 is 14.4 Å². The Morgan fingerprint density at radius 1 is 0.963 bits per heavy atom. The van der Waals surface area contributed by atoms with Crippen LogP contribution in [0.3, 0.4) is 0 Å². The van der Waals surface area contributed by atoms with Crippen LogP contribution in [0.15, 0.2) is 42.5 Å². The van der Waals surface area contributed by atoms with E-state index in [9.17, 15) is 0 Å². The number of rotatable bonds is 4. The third-order valence-corrected chi connectivity index (χ3v) is 6.18. The zero-order valence-electron chi connectivity index (χ0n) is 16.6. The maximum absolute atomic E-state index is 5.53. The number of fused-ring (bicyclic) bond motifs is 1. The molecular formula is C23H30N2O2. The van der Waals surface area contributed by atoms with Gasteiger partial charge in [-0.15, -0.1) is 0 Å². The Kier molecular flexibility index (Phi) is 5.26. The number of ether oxygens (including phenoxy) is 2. The van der Waals surface area contributed by atoms with Gasteiger partial charge in [-0.25, -0.2) is 0 Å². The molecule has 4 heteroatoms. The topological polar surface area (TPSA) is 24.9 Å². The summed E-state index contributed by atoms with van der Waals surface area (Å²) in [6.07, 6.45) is 3.80. The summed E-state index contributed by atoms with van der Waals surface area (Å²) in [5.41, 5.74) is 3.86. The first-order valence-electron chi connectivity index (χ1n) is 9.99. The summed E-state index contributed by atoms with van der Waals surface area (Å²) in [5.74, 6) is 1.94. The van der Waals surface area contributed by atoms with Crippen molar-refractivity contribution in [1.29, 1.82) is 0 Å². The first kappa shape index (κ1) is 18.2. The van der Waals surface area contributed by atoms with Gasteiger partial charge < -0.3 is 14.4 Å². The summed E-state index contributed by atoms with van der Waals surface area (Å²) < 4.78 is 11.0. The van der Waals surface area contributed by atoms with Crippen LogP contribution in [0.2, 0.25) is 0 Å². The number of methoxy groups -OCH3 is 2. The molecule has 2 heterocycles. The van der Waals surface area contributed by atoms with E-state index in [4.69, 9.17) is 9.47 Å². The molecule has 144 valence electrons. The van der Waals surface area contributed by atoms with Crippen molar-refractivity contribution in [3.05, 3.63) is 53.6 Å². The van der Waals surface area contributed by atoms with Crippen LogP contribution in [0.25, 0.3) is 0 Å². The first-order valence-corrected chi connectivity index (χ1v) is 9.99. The Labute approximate surface area is 162 Å². The normalized spacial score (nSPS) is 23.0. The van der Waals surface area contributed by atoms with Crippen LogP contribution in [-0.2, 0) is 0 Å². The number of benzene rings is 2. The molecule has 0 bridgehead atoms. The highest BCUT2D eigenvalue weighted by molar-refractivity contribution is 5.54. The fraction of sp³-hybridized carbons (Fsp3) is 0.478. The number of hydrogen-bond acceptors (Lipinski definition) is 4. The van der Waals surface area contributed by atoms with E-state index in [-0.39, 0.29) is 0 Å². The largest absolute Gasteiger partial charge is 0.497 e. The van der Waals surface area contributed by atoms with Gasteiger partial charge in [-0.2, -0.15) is 0 Å². The molecule has 4 nitrogen and oxygen atoms in total. The lowest BCUT2D eigenvalue weighted by Crippen LogP contribution is -2.55. The summed E-state index contributed by atoms with van der Waals surface area (Å²) in [6, 6.07) is 16.3. The van der Waals surface area contributed by atoms with Crippen LogP contribution in [0, 0.1) is 6.92 Å². The summed E-state index contributed by atoms with van der Waals surface area (Å²) >= 11 is 0. The van der Waals surface area contributed by atoms with Gasteiger partial charge in [0.1, 0.15) is 11.5 Å². The molecule has 2 aliphatic rings. The molecule has 0 amide bonds. The van der Waals surface area contributed by atoms with Gasteiger partial charge >= 0.3 is 0 Å². The van der Waals surface area contributed by atoms with Gasteiger partial charge in [0.2, 0.25) is 0 Å². The second-order valence-electron chi connectivity index (χ2n) is 7.71. The molecule has 4 rings (SSSR count). The lowest BCUT2D eigenvalue weighted by Gasteiger charge is -2.49. The Morgan fingerprint density at radius 3 is 2.67 bits per heavy atom. The molecule has 0 radical (unpaired) electrons. The predicted molar refractivity (Wildman–Crippen MR) is 110 cm³/mol. The molecule has 0 unspecified atom stereocenters. The standard InChI is InChI=1S/C23H30N2O2/c1-17-10-11-19(15-23(17)27-3)24-12-13-25-20(16-24)7-5-9-22(25)18-6-4-8-21(14-18)26-2/h4,6,8,10-11,14-15,20,22H,5,7,9,12-13,16H2,1-3H3/t20-,22-/m1/s1. The molecule has 2 saturated heterocycles. The number of anilines is 1. The Morgan fingerprint density at radius 2 is 1.85 bits per heavy atom. The molecule has 0 aliphatic carbocycles.